The summed E-state index contributed by atoms with van der Waals surface area (Å²) in [5.41, 5.74) is 2.38. The predicted molar refractivity (Wildman–Crippen MR) is 92.6 cm³/mol. The van der Waals surface area contributed by atoms with Crippen LogP contribution in [0.4, 0.5) is 0 Å². The summed E-state index contributed by atoms with van der Waals surface area (Å²) in [7, 11) is 0. The highest BCUT2D eigenvalue weighted by Gasteiger charge is 2.18. The Morgan fingerprint density at radius 3 is 2.88 bits per heavy atom. The zero-order valence-electron chi connectivity index (χ0n) is 14.0. The molecule has 2 aromatic heterocycles. The molecular weight excluding hydrogens is 334 g/mol. The zero-order chi connectivity index (χ0) is 17.9. The number of hydrogen-bond donors (Lipinski definition) is 1. The van der Waals surface area contributed by atoms with Crippen LogP contribution in [0.2, 0.25) is 0 Å². The summed E-state index contributed by atoms with van der Waals surface area (Å²) in [4.78, 5) is 27.8. The molecule has 0 saturated heterocycles. The highest BCUT2D eigenvalue weighted by atomic mass is 16.5. The van der Waals surface area contributed by atoms with Crippen molar-refractivity contribution in [2.24, 2.45) is 0 Å². The zero-order valence-corrected chi connectivity index (χ0v) is 14.0. The monoisotopic (exact) mass is 351 g/mol. The van der Waals surface area contributed by atoms with Crippen LogP contribution in [-0.4, -0.2) is 21.2 Å². The first-order chi connectivity index (χ1) is 12.7. The lowest BCUT2D eigenvalue weighted by Gasteiger charge is -2.05. The molecule has 0 fully saturated rings. The smallest absolute Gasteiger partial charge is 0.338 e. The van der Waals surface area contributed by atoms with E-state index in [9.17, 15) is 9.59 Å². The summed E-state index contributed by atoms with van der Waals surface area (Å²) in [6, 6.07) is 9.86. The standard InChI is InChI=1S/C19H17N3O4/c23-17-9-8-14(21-22-17)12-4-3-5-13(10-12)19(24)25-11-18-20-15-6-1-2-7-16(15)26-18/h3-5,8-10H,1-2,6-7,11H2,(H,22,23). The summed E-state index contributed by atoms with van der Waals surface area (Å²) < 4.78 is 11.0. The van der Waals surface area contributed by atoms with E-state index in [-0.39, 0.29) is 12.2 Å². The largest absolute Gasteiger partial charge is 0.452 e. The Morgan fingerprint density at radius 1 is 1.19 bits per heavy atom. The molecule has 1 aliphatic rings. The Labute approximate surface area is 149 Å². The van der Waals surface area contributed by atoms with Gasteiger partial charge in [0, 0.05) is 18.1 Å². The van der Waals surface area contributed by atoms with Crippen LogP contribution in [0.25, 0.3) is 11.3 Å². The summed E-state index contributed by atoms with van der Waals surface area (Å²) in [5.74, 6) is 0.879. The highest BCUT2D eigenvalue weighted by molar-refractivity contribution is 5.90. The fraction of sp³-hybridized carbons (Fsp3) is 0.263. The topological polar surface area (TPSA) is 98.1 Å². The van der Waals surface area contributed by atoms with Gasteiger partial charge in [-0.25, -0.2) is 14.9 Å². The number of ether oxygens (including phenoxy) is 1. The Balaban J connectivity index is 1.46. The van der Waals surface area contributed by atoms with Gasteiger partial charge in [0.15, 0.2) is 6.61 Å². The number of esters is 1. The quantitative estimate of drug-likeness (QED) is 0.726. The molecule has 0 amide bonds. The molecule has 26 heavy (non-hydrogen) atoms. The first-order valence-corrected chi connectivity index (χ1v) is 8.50. The van der Waals surface area contributed by atoms with Crippen LogP contribution >= 0.6 is 0 Å². The molecule has 1 N–H and O–H groups in total. The van der Waals surface area contributed by atoms with E-state index in [1.165, 1.54) is 6.07 Å². The number of fused-ring (bicyclic) bond motifs is 1. The van der Waals surface area contributed by atoms with Crippen molar-refractivity contribution < 1.29 is 13.9 Å². The number of rotatable bonds is 4. The van der Waals surface area contributed by atoms with Crippen molar-refractivity contribution in [2.75, 3.05) is 0 Å². The predicted octanol–water partition coefficient (Wildman–Crippen LogP) is 2.66. The number of carbonyl (C=O) groups is 1. The van der Waals surface area contributed by atoms with Crippen LogP contribution < -0.4 is 5.56 Å². The number of aromatic amines is 1. The van der Waals surface area contributed by atoms with E-state index >= 15 is 0 Å². The van der Waals surface area contributed by atoms with Crippen molar-refractivity contribution in [1.29, 1.82) is 0 Å². The van der Waals surface area contributed by atoms with Crippen molar-refractivity contribution in [1.82, 2.24) is 15.2 Å². The van der Waals surface area contributed by atoms with Gasteiger partial charge in [-0.05, 0) is 37.5 Å². The maximum atomic E-state index is 12.3. The third-order valence-corrected chi connectivity index (χ3v) is 4.29. The number of aromatic nitrogens is 3. The Bertz CT molecular complexity index is 962. The minimum Gasteiger partial charge on any atom is -0.452 e. The number of nitrogens with one attached hydrogen (secondary N) is 1. The molecule has 1 aliphatic carbocycles. The molecule has 0 saturated carbocycles. The Morgan fingerprint density at radius 2 is 2.08 bits per heavy atom. The van der Waals surface area contributed by atoms with Crippen LogP contribution in [0.1, 0.15) is 40.5 Å². The molecule has 7 nitrogen and oxygen atoms in total. The van der Waals surface area contributed by atoms with Crippen LogP contribution in [0, 0.1) is 0 Å². The summed E-state index contributed by atoms with van der Waals surface area (Å²) in [5, 5.41) is 6.34. The van der Waals surface area contributed by atoms with Gasteiger partial charge in [0.1, 0.15) is 5.76 Å². The third kappa shape index (κ3) is 3.42. The molecule has 0 bridgehead atoms. The Kier molecular flexibility index (Phi) is 4.35. The van der Waals surface area contributed by atoms with Crippen molar-refractivity contribution in [3.8, 4) is 11.3 Å². The number of oxazole rings is 1. The molecular formula is C19H17N3O4. The normalized spacial score (nSPS) is 13.2. The number of nitrogens with zero attached hydrogens (tertiary/aromatic N) is 2. The third-order valence-electron chi connectivity index (χ3n) is 4.29. The van der Waals surface area contributed by atoms with Crippen LogP contribution in [-0.2, 0) is 24.2 Å². The average Bonchev–Trinajstić information content (AvgIpc) is 3.10. The van der Waals surface area contributed by atoms with E-state index in [1.54, 1.807) is 30.3 Å². The van der Waals surface area contributed by atoms with Crippen molar-refractivity contribution in [2.45, 2.75) is 32.3 Å². The minimum absolute atomic E-state index is 0.00691. The van der Waals surface area contributed by atoms with Gasteiger partial charge in [-0.3, -0.25) is 4.79 Å². The van der Waals surface area contributed by atoms with Gasteiger partial charge >= 0.3 is 5.97 Å². The molecule has 0 radical (unpaired) electrons. The molecule has 132 valence electrons. The van der Waals surface area contributed by atoms with Gasteiger partial charge in [0.2, 0.25) is 5.89 Å². The Hall–Kier alpha value is -3.22. The van der Waals surface area contributed by atoms with Gasteiger partial charge in [-0.15, -0.1) is 0 Å². The fourth-order valence-corrected chi connectivity index (χ4v) is 2.99. The summed E-state index contributed by atoms with van der Waals surface area (Å²) in [6.45, 7) is 0.00691. The number of benzene rings is 1. The first kappa shape index (κ1) is 16.3. The van der Waals surface area contributed by atoms with E-state index in [0.29, 0.717) is 22.7 Å². The van der Waals surface area contributed by atoms with Gasteiger partial charge < -0.3 is 9.15 Å². The molecule has 3 aromatic rings. The second kappa shape index (κ2) is 6.95. The van der Waals surface area contributed by atoms with Crippen molar-refractivity contribution >= 4 is 5.97 Å². The maximum Gasteiger partial charge on any atom is 0.338 e. The molecule has 0 spiro atoms. The SMILES string of the molecule is O=C(OCc1nc2c(o1)CCCC2)c1cccc(-c2ccc(=O)[nH]n2)c1. The van der Waals surface area contributed by atoms with E-state index in [2.05, 4.69) is 15.2 Å². The fourth-order valence-electron chi connectivity index (χ4n) is 2.99. The summed E-state index contributed by atoms with van der Waals surface area (Å²) >= 11 is 0. The van der Waals surface area contributed by atoms with Gasteiger partial charge in [0.05, 0.1) is 17.0 Å². The van der Waals surface area contributed by atoms with Crippen LogP contribution in [0.15, 0.2) is 45.6 Å². The molecule has 2 heterocycles. The van der Waals surface area contributed by atoms with Crippen LogP contribution in [0.3, 0.4) is 0 Å². The number of hydrogen-bond acceptors (Lipinski definition) is 6. The minimum atomic E-state index is -0.465. The molecule has 1 aromatic carbocycles. The lowest BCUT2D eigenvalue weighted by Crippen LogP contribution is -2.07. The van der Waals surface area contributed by atoms with E-state index < -0.39 is 5.97 Å². The molecule has 0 aliphatic heterocycles. The van der Waals surface area contributed by atoms with Crippen molar-refractivity contribution in [3.05, 3.63) is 69.7 Å². The van der Waals surface area contributed by atoms with Gasteiger partial charge in [-0.1, -0.05) is 12.1 Å². The lowest BCUT2D eigenvalue weighted by molar-refractivity contribution is 0.0436. The number of H-pyrrole nitrogens is 1. The lowest BCUT2D eigenvalue weighted by atomic mass is 10.0. The number of carbonyl (C=O) groups excluding carboxylic acids is 1. The van der Waals surface area contributed by atoms with E-state index in [0.717, 1.165) is 37.1 Å². The molecule has 0 atom stereocenters. The summed E-state index contributed by atoms with van der Waals surface area (Å²) in [6.07, 6.45) is 4.03. The highest BCUT2D eigenvalue weighted by Crippen LogP contribution is 2.22. The second-order valence-electron chi connectivity index (χ2n) is 6.15. The van der Waals surface area contributed by atoms with Crippen molar-refractivity contribution in [3.63, 3.8) is 0 Å². The average molecular weight is 351 g/mol. The first-order valence-electron chi connectivity index (χ1n) is 8.50. The maximum absolute atomic E-state index is 12.3. The van der Waals surface area contributed by atoms with Gasteiger partial charge in [0.25, 0.3) is 5.56 Å². The van der Waals surface area contributed by atoms with E-state index in [1.807, 2.05) is 0 Å². The van der Waals surface area contributed by atoms with Gasteiger partial charge in [-0.2, -0.15) is 5.10 Å². The molecule has 7 heteroatoms. The van der Waals surface area contributed by atoms with E-state index in [4.69, 9.17) is 9.15 Å². The van der Waals surface area contributed by atoms with Crippen LogP contribution in [0.5, 0.6) is 0 Å². The second-order valence-corrected chi connectivity index (χ2v) is 6.15. The molecule has 4 rings (SSSR count). The molecule has 0 unspecified atom stereocenters. The number of aryl methyl sites for hydroxylation is 2.